The Balaban J connectivity index is 1.76. The topological polar surface area (TPSA) is 24.9 Å². The van der Waals surface area contributed by atoms with Crippen molar-refractivity contribution in [2.75, 3.05) is 6.54 Å². The molecular weight excluding hydrogens is 216 g/mol. The van der Waals surface area contributed by atoms with Crippen LogP contribution in [0.1, 0.15) is 23.3 Å². The molecule has 2 aromatic heterocycles. The van der Waals surface area contributed by atoms with E-state index in [2.05, 4.69) is 40.8 Å². The van der Waals surface area contributed by atoms with Gasteiger partial charge in [0.15, 0.2) is 0 Å². The molecule has 0 bridgehead atoms. The number of hydrogen-bond donors (Lipinski definition) is 1. The number of thiophene rings is 1. The van der Waals surface area contributed by atoms with Crippen molar-refractivity contribution in [2.45, 2.75) is 19.4 Å². The molecule has 2 aromatic rings. The Bertz CT molecular complexity index is 397. The molecule has 0 aliphatic rings. The Kier molecular flexibility index (Phi) is 4.08. The molecule has 0 aliphatic carbocycles. The smallest absolute Gasteiger partial charge is 0.0312 e. The monoisotopic (exact) mass is 232 g/mol. The Morgan fingerprint density at radius 2 is 2.31 bits per heavy atom. The van der Waals surface area contributed by atoms with Crippen molar-refractivity contribution < 1.29 is 0 Å². The van der Waals surface area contributed by atoms with Crippen LogP contribution in [-0.4, -0.2) is 11.5 Å². The molecule has 0 spiro atoms. The molecule has 16 heavy (non-hydrogen) atoms. The van der Waals surface area contributed by atoms with Crippen LogP contribution in [0.25, 0.3) is 0 Å². The zero-order chi connectivity index (χ0) is 11.2. The van der Waals surface area contributed by atoms with Crippen molar-refractivity contribution in [3.8, 4) is 0 Å². The number of nitrogens with zero attached hydrogens (tertiary/aromatic N) is 1. The van der Waals surface area contributed by atoms with Gasteiger partial charge < -0.3 is 5.32 Å². The average Bonchev–Trinajstić information content (AvgIpc) is 2.84. The van der Waals surface area contributed by atoms with Crippen LogP contribution >= 0.6 is 11.3 Å². The Hall–Kier alpha value is -1.19. The fraction of sp³-hybridized carbons (Fsp3) is 0.308. The first-order valence-corrected chi connectivity index (χ1v) is 6.37. The second kappa shape index (κ2) is 5.77. The lowest BCUT2D eigenvalue weighted by Crippen LogP contribution is -2.19. The van der Waals surface area contributed by atoms with Crippen LogP contribution in [0.5, 0.6) is 0 Å². The third-order valence-electron chi connectivity index (χ3n) is 2.53. The lowest BCUT2D eigenvalue weighted by atomic mass is 10.1. The maximum Gasteiger partial charge on any atom is 0.0312 e. The maximum absolute atomic E-state index is 4.09. The van der Waals surface area contributed by atoms with E-state index in [0.717, 1.165) is 13.1 Å². The normalized spacial score (nSPS) is 12.6. The van der Waals surface area contributed by atoms with Crippen LogP contribution < -0.4 is 5.32 Å². The summed E-state index contributed by atoms with van der Waals surface area (Å²) in [5, 5.41) is 5.59. The molecule has 1 atom stereocenters. The van der Waals surface area contributed by atoms with Gasteiger partial charge in [-0.15, -0.1) is 11.3 Å². The SMILES string of the molecule is CC(CNCc1cccnc1)c1cccs1. The van der Waals surface area contributed by atoms with E-state index in [1.54, 1.807) is 6.20 Å². The fourth-order valence-electron chi connectivity index (χ4n) is 1.61. The van der Waals surface area contributed by atoms with E-state index in [9.17, 15) is 0 Å². The van der Waals surface area contributed by atoms with E-state index in [-0.39, 0.29) is 0 Å². The molecule has 1 N–H and O–H groups in total. The fourth-order valence-corrected chi connectivity index (χ4v) is 2.40. The van der Waals surface area contributed by atoms with Crippen LogP contribution in [-0.2, 0) is 6.54 Å². The zero-order valence-electron chi connectivity index (χ0n) is 9.39. The van der Waals surface area contributed by atoms with Gasteiger partial charge in [-0.3, -0.25) is 4.98 Å². The van der Waals surface area contributed by atoms with Gasteiger partial charge in [0.25, 0.3) is 0 Å². The van der Waals surface area contributed by atoms with Gasteiger partial charge in [-0.05, 0) is 23.1 Å². The highest BCUT2D eigenvalue weighted by atomic mass is 32.1. The van der Waals surface area contributed by atoms with Gasteiger partial charge in [-0.1, -0.05) is 19.1 Å². The number of nitrogens with one attached hydrogen (secondary N) is 1. The molecule has 2 rings (SSSR count). The highest BCUT2D eigenvalue weighted by molar-refractivity contribution is 7.10. The van der Waals surface area contributed by atoms with Crippen molar-refractivity contribution >= 4 is 11.3 Å². The first-order chi connectivity index (χ1) is 7.86. The Morgan fingerprint density at radius 1 is 1.38 bits per heavy atom. The second-order valence-electron chi connectivity index (χ2n) is 3.91. The number of hydrogen-bond acceptors (Lipinski definition) is 3. The van der Waals surface area contributed by atoms with Gasteiger partial charge in [-0.2, -0.15) is 0 Å². The minimum atomic E-state index is 0.580. The van der Waals surface area contributed by atoms with Gasteiger partial charge in [0.2, 0.25) is 0 Å². The quantitative estimate of drug-likeness (QED) is 0.857. The van der Waals surface area contributed by atoms with Gasteiger partial charge in [0, 0.05) is 36.3 Å². The third-order valence-corrected chi connectivity index (χ3v) is 3.64. The summed E-state index contributed by atoms with van der Waals surface area (Å²) in [5.41, 5.74) is 1.24. The largest absolute Gasteiger partial charge is 0.312 e. The predicted molar refractivity (Wildman–Crippen MR) is 68.7 cm³/mol. The standard InChI is InChI=1S/C13H16N2S/c1-11(13-5-3-7-16-13)8-15-10-12-4-2-6-14-9-12/h2-7,9,11,15H,8,10H2,1H3. The molecule has 0 saturated carbocycles. The first kappa shape index (κ1) is 11.3. The van der Waals surface area contributed by atoms with Crippen LogP contribution in [0.4, 0.5) is 0 Å². The molecular formula is C13H16N2S. The van der Waals surface area contributed by atoms with E-state index >= 15 is 0 Å². The average molecular weight is 232 g/mol. The Labute approximate surface area is 100 Å². The molecule has 0 aliphatic heterocycles. The molecule has 1 unspecified atom stereocenters. The summed E-state index contributed by atoms with van der Waals surface area (Å²) >= 11 is 1.82. The van der Waals surface area contributed by atoms with Crippen LogP contribution in [0.2, 0.25) is 0 Å². The van der Waals surface area contributed by atoms with Crippen LogP contribution in [0.3, 0.4) is 0 Å². The van der Waals surface area contributed by atoms with Crippen molar-refractivity contribution in [1.29, 1.82) is 0 Å². The summed E-state index contributed by atoms with van der Waals surface area (Å²) in [6.45, 7) is 4.15. The molecule has 0 amide bonds. The number of rotatable bonds is 5. The minimum absolute atomic E-state index is 0.580. The molecule has 0 aromatic carbocycles. The molecule has 84 valence electrons. The molecule has 2 nitrogen and oxygen atoms in total. The van der Waals surface area contributed by atoms with E-state index in [1.807, 2.05) is 23.6 Å². The van der Waals surface area contributed by atoms with Crippen molar-refractivity contribution in [3.05, 3.63) is 52.5 Å². The molecule has 3 heteroatoms. The van der Waals surface area contributed by atoms with Crippen molar-refractivity contribution in [1.82, 2.24) is 10.3 Å². The van der Waals surface area contributed by atoms with Gasteiger partial charge in [0.1, 0.15) is 0 Å². The second-order valence-corrected chi connectivity index (χ2v) is 4.89. The summed E-state index contributed by atoms with van der Waals surface area (Å²) in [6, 6.07) is 8.37. The van der Waals surface area contributed by atoms with E-state index in [1.165, 1.54) is 10.4 Å². The van der Waals surface area contributed by atoms with E-state index in [4.69, 9.17) is 0 Å². The molecule has 0 saturated heterocycles. The lowest BCUT2D eigenvalue weighted by Gasteiger charge is -2.10. The molecule has 0 fully saturated rings. The van der Waals surface area contributed by atoms with Crippen molar-refractivity contribution in [2.24, 2.45) is 0 Å². The summed E-state index contributed by atoms with van der Waals surface area (Å²) in [4.78, 5) is 5.54. The third kappa shape index (κ3) is 3.15. The molecule has 0 radical (unpaired) electrons. The summed E-state index contributed by atoms with van der Waals surface area (Å²) in [7, 11) is 0. The number of aromatic nitrogens is 1. The highest BCUT2D eigenvalue weighted by Crippen LogP contribution is 2.19. The van der Waals surface area contributed by atoms with Gasteiger partial charge in [0.05, 0.1) is 0 Å². The number of pyridine rings is 1. The van der Waals surface area contributed by atoms with Crippen LogP contribution in [0.15, 0.2) is 42.0 Å². The van der Waals surface area contributed by atoms with Gasteiger partial charge >= 0.3 is 0 Å². The minimum Gasteiger partial charge on any atom is -0.312 e. The van der Waals surface area contributed by atoms with E-state index < -0.39 is 0 Å². The highest BCUT2D eigenvalue weighted by Gasteiger charge is 2.05. The zero-order valence-corrected chi connectivity index (χ0v) is 10.2. The van der Waals surface area contributed by atoms with Gasteiger partial charge in [-0.25, -0.2) is 0 Å². The maximum atomic E-state index is 4.09. The van der Waals surface area contributed by atoms with Crippen LogP contribution in [0, 0.1) is 0 Å². The predicted octanol–water partition coefficient (Wildman–Crippen LogP) is 3.04. The summed E-state index contributed by atoms with van der Waals surface area (Å²) < 4.78 is 0. The summed E-state index contributed by atoms with van der Waals surface area (Å²) in [5.74, 6) is 0.580. The summed E-state index contributed by atoms with van der Waals surface area (Å²) in [6.07, 6.45) is 3.71. The Morgan fingerprint density at radius 3 is 3.00 bits per heavy atom. The molecule has 2 heterocycles. The first-order valence-electron chi connectivity index (χ1n) is 5.49. The van der Waals surface area contributed by atoms with E-state index in [0.29, 0.717) is 5.92 Å². The lowest BCUT2D eigenvalue weighted by molar-refractivity contribution is 0.620. The van der Waals surface area contributed by atoms with Crippen molar-refractivity contribution in [3.63, 3.8) is 0 Å².